The first-order valence-electron chi connectivity index (χ1n) is 20.0. The van der Waals surface area contributed by atoms with Crippen molar-refractivity contribution in [3.05, 3.63) is 229 Å². The molecule has 0 unspecified atom stereocenters. The summed E-state index contributed by atoms with van der Waals surface area (Å²) in [5.74, 6) is 0. The fourth-order valence-electron chi connectivity index (χ4n) is 10.5. The number of nitrogens with zero attached hydrogens (tertiary/aromatic N) is 2. The van der Waals surface area contributed by atoms with Crippen LogP contribution in [-0.4, -0.2) is 4.57 Å². The molecule has 0 fully saturated rings. The van der Waals surface area contributed by atoms with E-state index in [9.17, 15) is 0 Å². The number of fused-ring (bicyclic) bond motifs is 16. The second-order valence-corrected chi connectivity index (χ2v) is 15.6. The Labute approximate surface area is 335 Å². The Morgan fingerprint density at radius 2 is 0.845 bits per heavy atom. The number of rotatable bonds is 4. The molecule has 1 spiro atoms. The van der Waals surface area contributed by atoms with Crippen molar-refractivity contribution in [1.82, 2.24) is 4.57 Å². The summed E-state index contributed by atoms with van der Waals surface area (Å²) >= 11 is 0. The largest absolute Gasteiger partial charge is 0.456 e. The third-order valence-corrected chi connectivity index (χ3v) is 12.8. The number of anilines is 3. The van der Waals surface area contributed by atoms with Crippen LogP contribution in [0.5, 0.6) is 0 Å². The maximum absolute atomic E-state index is 6.52. The summed E-state index contributed by atoms with van der Waals surface area (Å²) < 4.78 is 8.92. The van der Waals surface area contributed by atoms with Gasteiger partial charge in [-0.25, -0.2) is 0 Å². The van der Waals surface area contributed by atoms with Crippen LogP contribution in [0, 0.1) is 0 Å². The van der Waals surface area contributed by atoms with Crippen LogP contribution < -0.4 is 4.90 Å². The van der Waals surface area contributed by atoms with E-state index >= 15 is 0 Å². The molecular weight excluding hydrogens is 705 g/mol. The highest BCUT2D eigenvalue weighted by atomic mass is 16.3. The van der Waals surface area contributed by atoms with Crippen molar-refractivity contribution in [3.8, 4) is 27.9 Å². The first kappa shape index (κ1) is 31.6. The van der Waals surface area contributed by atoms with Crippen LogP contribution in [-0.2, 0) is 5.41 Å². The van der Waals surface area contributed by atoms with E-state index in [-0.39, 0.29) is 0 Å². The Morgan fingerprint density at radius 1 is 0.345 bits per heavy atom. The van der Waals surface area contributed by atoms with Crippen molar-refractivity contribution in [2.24, 2.45) is 0 Å². The second kappa shape index (κ2) is 11.7. The SMILES string of the molecule is c1ccc(-n2c3ccccc3c3ccc(N(c4ccc5c(c4)-c4ccccc4C54c5ccccc5-c5ccccc54)c4ccc5c(c4)oc4ccccc45)cc32)cc1. The minimum absolute atomic E-state index is 0.398. The normalized spacial score (nSPS) is 13.3. The molecule has 0 saturated carbocycles. The molecule has 13 rings (SSSR count). The minimum atomic E-state index is -0.398. The van der Waals surface area contributed by atoms with Gasteiger partial charge in [0.2, 0.25) is 0 Å². The summed E-state index contributed by atoms with van der Waals surface area (Å²) in [7, 11) is 0. The fourth-order valence-corrected chi connectivity index (χ4v) is 10.5. The summed E-state index contributed by atoms with van der Waals surface area (Å²) in [6.45, 7) is 0. The van der Waals surface area contributed by atoms with Gasteiger partial charge >= 0.3 is 0 Å². The van der Waals surface area contributed by atoms with Gasteiger partial charge in [0, 0.05) is 50.4 Å². The predicted octanol–water partition coefficient (Wildman–Crippen LogP) is 14.5. The molecule has 0 N–H and O–H groups in total. The van der Waals surface area contributed by atoms with E-state index < -0.39 is 5.41 Å². The second-order valence-electron chi connectivity index (χ2n) is 15.6. The lowest BCUT2D eigenvalue weighted by molar-refractivity contribution is 0.669. The molecule has 2 aromatic heterocycles. The zero-order valence-electron chi connectivity index (χ0n) is 31.4. The van der Waals surface area contributed by atoms with Crippen LogP contribution in [0.4, 0.5) is 17.1 Å². The Hall–Kier alpha value is -7.62. The first-order chi connectivity index (χ1) is 28.8. The zero-order chi connectivity index (χ0) is 38.0. The van der Waals surface area contributed by atoms with Gasteiger partial charge < -0.3 is 13.9 Å². The maximum atomic E-state index is 6.52. The Kier molecular flexibility index (Phi) is 6.37. The van der Waals surface area contributed by atoms with Crippen molar-refractivity contribution < 1.29 is 4.42 Å². The molecule has 2 heterocycles. The highest BCUT2D eigenvalue weighted by Gasteiger charge is 2.51. The van der Waals surface area contributed by atoms with E-state index in [1.165, 1.54) is 60.8 Å². The number of hydrogen-bond acceptors (Lipinski definition) is 2. The zero-order valence-corrected chi connectivity index (χ0v) is 31.4. The molecule has 0 atom stereocenters. The van der Waals surface area contributed by atoms with E-state index in [4.69, 9.17) is 4.42 Å². The Balaban J connectivity index is 1.08. The van der Waals surface area contributed by atoms with Gasteiger partial charge in [0.05, 0.1) is 16.4 Å². The van der Waals surface area contributed by atoms with Gasteiger partial charge in [-0.05, 0) is 105 Å². The van der Waals surface area contributed by atoms with Crippen LogP contribution in [0.3, 0.4) is 0 Å². The molecule has 0 aliphatic heterocycles. The van der Waals surface area contributed by atoms with E-state index in [1.807, 2.05) is 6.07 Å². The molecule has 0 saturated heterocycles. The van der Waals surface area contributed by atoms with Crippen LogP contribution in [0.1, 0.15) is 22.3 Å². The summed E-state index contributed by atoms with van der Waals surface area (Å²) in [6.07, 6.45) is 0. The first-order valence-corrected chi connectivity index (χ1v) is 20.0. The van der Waals surface area contributed by atoms with Crippen LogP contribution >= 0.6 is 0 Å². The molecule has 58 heavy (non-hydrogen) atoms. The lowest BCUT2D eigenvalue weighted by Crippen LogP contribution is -2.25. The highest BCUT2D eigenvalue weighted by Crippen LogP contribution is 2.63. The molecular formula is C55H34N2O. The van der Waals surface area contributed by atoms with Crippen molar-refractivity contribution in [3.63, 3.8) is 0 Å². The average molecular weight is 739 g/mol. The van der Waals surface area contributed by atoms with Crippen molar-refractivity contribution >= 4 is 60.8 Å². The van der Waals surface area contributed by atoms with Crippen LogP contribution in [0.2, 0.25) is 0 Å². The van der Waals surface area contributed by atoms with Crippen LogP contribution in [0.15, 0.2) is 211 Å². The monoisotopic (exact) mass is 738 g/mol. The standard InChI is InChI=1S/C55H34N2O/c1-2-14-35(15-3-1)57-51-24-12-7-19-42(51)43-29-26-37(33-52(43)57)56(38-27-30-45-44-20-8-13-25-53(44)58-54(45)34-38)36-28-31-50-46(32-36)41-18-6-11-23-49(41)55(50)47-21-9-4-16-39(47)40-17-5-10-22-48(40)55/h1-34H. The molecule has 3 heteroatoms. The third kappa shape index (κ3) is 4.12. The molecule has 2 aliphatic rings. The third-order valence-electron chi connectivity index (χ3n) is 12.8. The number of hydrogen-bond donors (Lipinski definition) is 0. The topological polar surface area (TPSA) is 21.3 Å². The molecule has 0 radical (unpaired) electrons. The van der Waals surface area contributed by atoms with E-state index in [1.54, 1.807) is 0 Å². The van der Waals surface area contributed by atoms with Crippen LogP contribution in [0.25, 0.3) is 71.7 Å². The summed E-state index contributed by atoms with van der Waals surface area (Å²) in [6, 6.07) is 75.5. The number of furan rings is 1. The van der Waals surface area contributed by atoms with Gasteiger partial charge in [0.15, 0.2) is 0 Å². The number of benzene rings is 9. The van der Waals surface area contributed by atoms with Gasteiger partial charge in [-0.1, -0.05) is 140 Å². The van der Waals surface area contributed by atoms with Crippen molar-refractivity contribution in [2.75, 3.05) is 4.90 Å². The quantitative estimate of drug-likeness (QED) is 0.179. The smallest absolute Gasteiger partial charge is 0.137 e. The van der Waals surface area contributed by atoms with E-state index in [0.717, 1.165) is 50.2 Å². The van der Waals surface area contributed by atoms with Gasteiger partial charge in [-0.3, -0.25) is 0 Å². The highest BCUT2D eigenvalue weighted by molar-refractivity contribution is 6.11. The van der Waals surface area contributed by atoms with Crippen molar-refractivity contribution in [1.29, 1.82) is 0 Å². The van der Waals surface area contributed by atoms with E-state index in [2.05, 4.69) is 210 Å². The maximum Gasteiger partial charge on any atom is 0.137 e. The molecule has 0 bridgehead atoms. The minimum Gasteiger partial charge on any atom is -0.456 e. The van der Waals surface area contributed by atoms with Gasteiger partial charge in [0.1, 0.15) is 11.2 Å². The molecule has 0 amide bonds. The summed E-state index contributed by atoms with van der Waals surface area (Å²) in [4.78, 5) is 2.41. The van der Waals surface area contributed by atoms with Gasteiger partial charge in [-0.15, -0.1) is 0 Å². The number of para-hydroxylation sites is 3. The molecule has 9 aromatic carbocycles. The van der Waals surface area contributed by atoms with Crippen molar-refractivity contribution in [2.45, 2.75) is 5.41 Å². The molecule has 2 aliphatic carbocycles. The lowest BCUT2D eigenvalue weighted by Gasteiger charge is -2.31. The molecule has 3 nitrogen and oxygen atoms in total. The summed E-state index contributed by atoms with van der Waals surface area (Å²) in [5.41, 5.74) is 18.6. The Morgan fingerprint density at radius 3 is 1.59 bits per heavy atom. The molecule has 270 valence electrons. The lowest BCUT2D eigenvalue weighted by atomic mass is 9.70. The fraction of sp³-hybridized carbons (Fsp3) is 0.0182. The van der Waals surface area contributed by atoms with Gasteiger partial charge in [-0.2, -0.15) is 0 Å². The number of aromatic nitrogens is 1. The summed E-state index contributed by atoms with van der Waals surface area (Å²) in [5, 5.41) is 4.70. The predicted molar refractivity (Wildman–Crippen MR) is 239 cm³/mol. The molecule has 11 aromatic rings. The Bertz CT molecular complexity index is 3430. The van der Waals surface area contributed by atoms with E-state index in [0.29, 0.717) is 0 Å². The van der Waals surface area contributed by atoms with Gasteiger partial charge in [0.25, 0.3) is 0 Å². The average Bonchev–Trinajstić information content (AvgIpc) is 4.00.